The summed E-state index contributed by atoms with van der Waals surface area (Å²) in [6, 6.07) is 22.3. The Kier molecular flexibility index (Phi) is 5.96. The maximum absolute atomic E-state index is 10.2. The van der Waals surface area contributed by atoms with Crippen molar-refractivity contribution in [2.75, 3.05) is 6.61 Å². The van der Waals surface area contributed by atoms with Crippen LogP contribution in [0.4, 0.5) is 0 Å². The van der Waals surface area contributed by atoms with Gasteiger partial charge in [0, 0.05) is 5.56 Å². The lowest BCUT2D eigenvalue weighted by Gasteiger charge is -2.09. The maximum Gasteiger partial charge on any atom is 0.123 e. The first-order valence-electron chi connectivity index (χ1n) is 9.30. The summed E-state index contributed by atoms with van der Waals surface area (Å²) in [6.07, 6.45) is 3.52. The van der Waals surface area contributed by atoms with Crippen molar-refractivity contribution in [3.63, 3.8) is 0 Å². The molecule has 0 amide bonds. The molecule has 0 radical (unpaired) electrons. The highest BCUT2D eigenvalue weighted by Gasteiger charge is 2.05. The summed E-state index contributed by atoms with van der Waals surface area (Å²) in [5.41, 5.74) is 5.24. The Bertz CT molecular complexity index is 833. The molecule has 0 aromatic heterocycles. The average Bonchev–Trinajstić information content (AvgIpc) is 2.66. The quantitative estimate of drug-likeness (QED) is 0.488. The molecule has 3 rings (SSSR count). The molecule has 0 atom stereocenters. The topological polar surface area (TPSA) is 29.5 Å². The van der Waals surface area contributed by atoms with Crippen molar-refractivity contribution in [2.24, 2.45) is 0 Å². The third-order valence-electron chi connectivity index (χ3n) is 4.55. The van der Waals surface area contributed by atoms with E-state index in [9.17, 15) is 5.11 Å². The number of benzene rings is 3. The van der Waals surface area contributed by atoms with Gasteiger partial charge >= 0.3 is 0 Å². The van der Waals surface area contributed by atoms with Crippen LogP contribution in [0.25, 0.3) is 22.3 Å². The molecule has 2 nitrogen and oxygen atoms in total. The van der Waals surface area contributed by atoms with Crippen molar-refractivity contribution in [1.29, 1.82) is 0 Å². The zero-order valence-corrected chi connectivity index (χ0v) is 15.5. The van der Waals surface area contributed by atoms with Gasteiger partial charge in [0.15, 0.2) is 0 Å². The molecule has 0 saturated carbocycles. The van der Waals surface area contributed by atoms with Gasteiger partial charge in [-0.2, -0.15) is 0 Å². The number of hydrogen-bond donors (Lipinski definition) is 1. The van der Waals surface area contributed by atoms with Crippen molar-refractivity contribution in [1.82, 2.24) is 0 Å². The van der Waals surface area contributed by atoms with Gasteiger partial charge in [0.25, 0.3) is 0 Å². The summed E-state index contributed by atoms with van der Waals surface area (Å²) in [7, 11) is 0. The van der Waals surface area contributed by atoms with E-state index >= 15 is 0 Å². The molecule has 3 aromatic rings. The number of phenolic OH excluding ortho intramolecular Hbond substituents is 1. The molecule has 0 aliphatic rings. The van der Waals surface area contributed by atoms with Crippen LogP contribution in [0, 0.1) is 6.92 Å². The van der Waals surface area contributed by atoms with E-state index < -0.39 is 0 Å². The van der Waals surface area contributed by atoms with Crippen LogP contribution in [0.15, 0.2) is 66.7 Å². The minimum atomic E-state index is 0.322. The lowest BCUT2D eigenvalue weighted by Crippen LogP contribution is -1.96. The summed E-state index contributed by atoms with van der Waals surface area (Å²) in [6.45, 7) is 4.95. The van der Waals surface area contributed by atoms with E-state index in [1.807, 2.05) is 31.2 Å². The molecule has 0 saturated heterocycles. The standard InChI is InChI=1S/C24H26O2/c1-3-4-5-16-26-22-13-11-20(12-14-22)19-7-9-21(10-8-19)23-15-6-18(2)17-24(23)25/h6-15,17,25H,3-5,16H2,1-2H3. The van der Waals surface area contributed by atoms with Crippen molar-refractivity contribution in [3.8, 4) is 33.8 Å². The summed E-state index contributed by atoms with van der Waals surface area (Å²) >= 11 is 0. The zero-order valence-electron chi connectivity index (χ0n) is 15.5. The summed E-state index contributed by atoms with van der Waals surface area (Å²) in [5, 5.41) is 10.2. The second kappa shape index (κ2) is 8.57. The molecule has 0 heterocycles. The minimum absolute atomic E-state index is 0.322. The Morgan fingerprint density at radius 2 is 1.38 bits per heavy atom. The highest BCUT2D eigenvalue weighted by Crippen LogP contribution is 2.31. The normalized spacial score (nSPS) is 10.7. The van der Waals surface area contributed by atoms with E-state index in [2.05, 4.69) is 43.3 Å². The Morgan fingerprint density at radius 3 is 2.00 bits per heavy atom. The fraction of sp³-hybridized carbons (Fsp3) is 0.250. The van der Waals surface area contributed by atoms with Gasteiger partial charge in [-0.3, -0.25) is 0 Å². The Hall–Kier alpha value is -2.74. The molecule has 0 aliphatic heterocycles. The summed E-state index contributed by atoms with van der Waals surface area (Å²) in [5.74, 6) is 1.24. The van der Waals surface area contributed by atoms with Crippen LogP contribution < -0.4 is 4.74 Å². The first-order valence-corrected chi connectivity index (χ1v) is 9.30. The van der Waals surface area contributed by atoms with Gasteiger partial charge in [-0.25, -0.2) is 0 Å². The van der Waals surface area contributed by atoms with E-state index in [4.69, 9.17) is 4.74 Å². The van der Waals surface area contributed by atoms with E-state index in [0.29, 0.717) is 5.75 Å². The first kappa shape index (κ1) is 18.1. The second-order valence-electron chi connectivity index (χ2n) is 6.68. The number of aromatic hydroxyl groups is 1. The number of phenols is 1. The summed E-state index contributed by atoms with van der Waals surface area (Å²) < 4.78 is 5.77. The van der Waals surface area contributed by atoms with Crippen LogP contribution >= 0.6 is 0 Å². The largest absolute Gasteiger partial charge is 0.507 e. The van der Waals surface area contributed by atoms with Crippen molar-refractivity contribution < 1.29 is 9.84 Å². The molecule has 26 heavy (non-hydrogen) atoms. The molecular weight excluding hydrogens is 320 g/mol. The number of aryl methyl sites for hydroxylation is 1. The van der Waals surface area contributed by atoms with E-state index in [0.717, 1.165) is 46.6 Å². The van der Waals surface area contributed by atoms with Gasteiger partial charge in [-0.1, -0.05) is 68.3 Å². The van der Waals surface area contributed by atoms with Crippen molar-refractivity contribution >= 4 is 0 Å². The molecule has 0 spiro atoms. The van der Waals surface area contributed by atoms with E-state index in [1.165, 1.54) is 12.8 Å². The van der Waals surface area contributed by atoms with Crippen molar-refractivity contribution in [2.45, 2.75) is 33.1 Å². The number of unbranched alkanes of at least 4 members (excludes halogenated alkanes) is 2. The van der Waals surface area contributed by atoms with E-state index in [1.54, 1.807) is 6.07 Å². The molecule has 1 N–H and O–H groups in total. The smallest absolute Gasteiger partial charge is 0.123 e. The molecule has 134 valence electrons. The first-order chi connectivity index (χ1) is 12.7. The Balaban J connectivity index is 1.70. The Labute approximate surface area is 156 Å². The predicted octanol–water partition coefficient (Wildman–Crippen LogP) is 6.60. The van der Waals surface area contributed by atoms with Gasteiger partial charge in [0.2, 0.25) is 0 Å². The van der Waals surface area contributed by atoms with Crippen LogP contribution in [-0.4, -0.2) is 11.7 Å². The molecule has 0 aliphatic carbocycles. The second-order valence-corrected chi connectivity index (χ2v) is 6.68. The highest BCUT2D eigenvalue weighted by atomic mass is 16.5. The molecule has 0 fully saturated rings. The Morgan fingerprint density at radius 1 is 0.769 bits per heavy atom. The number of rotatable bonds is 7. The number of hydrogen-bond acceptors (Lipinski definition) is 2. The third-order valence-corrected chi connectivity index (χ3v) is 4.55. The lowest BCUT2D eigenvalue weighted by molar-refractivity contribution is 0.306. The maximum atomic E-state index is 10.2. The average molecular weight is 346 g/mol. The predicted molar refractivity (Wildman–Crippen MR) is 109 cm³/mol. The van der Waals surface area contributed by atoms with E-state index in [-0.39, 0.29) is 0 Å². The molecule has 0 unspecified atom stereocenters. The summed E-state index contributed by atoms with van der Waals surface area (Å²) in [4.78, 5) is 0. The van der Waals surface area contributed by atoms with Gasteiger partial charge in [-0.15, -0.1) is 0 Å². The number of ether oxygens (including phenoxy) is 1. The van der Waals surface area contributed by atoms with Gasteiger partial charge < -0.3 is 9.84 Å². The molecule has 2 heteroatoms. The lowest BCUT2D eigenvalue weighted by atomic mass is 9.99. The van der Waals surface area contributed by atoms with Crippen LogP contribution in [-0.2, 0) is 0 Å². The van der Waals surface area contributed by atoms with Gasteiger partial charge in [-0.05, 0) is 53.8 Å². The van der Waals surface area contributed by atoms with Gasteiger partial charge in [0.1, 0.15) is 11.5 Å². The van der Waals surface area contributed by atoms with Crippen LogP contribution in [0.2, 0.25) is 0 Å². The van der Waals surface area contributed by atoms with Crippen molar-refractivity contribution in [3.05, 3.63) is 72.3 Å². The van der Waals surface area contributed by atoms with Crippen LogP contribution in [0.3, 0.4) is 0 Å². The zero-order chi connectivity index (χ0) is 18.4. The molecular formula is C24H26O2. The monoisotopic (exact) mass is 346 g/mol. The molecule has 3 aromatic carbocycles. The SMILES string of the molecule is CCCCCOc1ccc(-c2ccc(-c3ccc(C)cc3O)cc2)cc1. The minimum Gasteiger partial charge on any atom is -0.507 e. The van der Waals surface area contributed by atoms with Crippen LogP contribution in [0.5, 0.6) is 11.5 Å². The third kappa shape index (κ3) is 4.45. The fourth-order valence-corrected chi connectivity index (χ4v) is 3.01. The van der Waals surface area contributed by atoms with Crippen LogP contribution in [0.1, 0.15) is 31.7 Å². The fourth-order valence-electron chi connectivity index (χ4n) is 3.01. The highest BCUT2D eigenvalue weighted by molar-refractivity contribution is 5.74. The molecule has 0 bridgehead atoms. The van der Waals surface area contributed by atoms with Gasteiger partial charge in [0.05, 0.1) is 6.61 Å².